The molecule has 0 bridgehead atoms. The van der Waals surface area contributed by atoms with Crippen LogP contribution in [-0.2, 0) is 19.7 Å². The Balaban J connectivity index is 1.51. The summed E-state index contributed by atoms with van der Waals surface area (Å²) in [5, 5.41) is 3.36. The number of nitrogens with zero attached hydrogens (tertiary/aromatic N) is 1. The minimum atomic E-state index is -0.416. The molecular formula is C19H26N2O4. The lowest BCUT2D eigenvalue weighted by atomic mass is 9.92. The third kappa shape index (κ3) is 3.14. The van der Waals surface area contributed by atoms with E-state index in [1.54, 1.807) is 7.11 Å². The smallest absolute Gasteiger partial charge is 0.233 e. The highest BCUT2D eigenvalue weighted by molar-refractivity contribution is 5.91. The van der Waals surface area contributed by atoms with Gasteiger partial charge in [-0.3, -0.25) is 4.79 Å². The van der Waals surface area contributed by atoms with Gasteiger partial charge in [0.1, 0.15) is 11.4 Å². The monoisotopic (exact) mass is 346 g/mol. The van der Waals surface area contributed by atoms with E-state index >= 15 is 0 Å². The number of benzene rings is 1. The Bertz CT molecular complexity index is 619. The first-order chi connectivity index (χ1) is 12.2. The zero-order valence-corrected chi connectivity index (χ0v) is 14.8. The summed E-state index contributed by atoms with van der Waals surface area (Å²) in [4.78, 5) is 15.3. The molecule has 0 radical (unpaired) electrons. The van der Waals surface area contributed by atoms with Crippen LogP contribution in [0.1, 0.15) is 18.4 Å². The first-order valence-corrected chi connectivity index (χ1v) is 9.04. The van der Waals surface area contributed by atoms with Crippen molar-refractivity contribution in [3.8, 4) is 5.75 Å². The quantitative estimate of drug-likeness (QED) is 0.883. The van der Waals surface area contributed by atoms with E-state index in [4.69, 9.17) is 14.2 Å². The number of hydrogen-bond donors (Lipinski definition) is 1. The summed E-state index contributed by atoms with van der Waals surface area (Å²) < 4.78 is 17.0. The van der Waals surface area contributed by atoms with E-state index < -0.39 is 5.60 Å². The maximum absolute atomic E-state index is 13.3. The van der Waals surface area contributed by atoms with Crippen molar-refractivity contribution < 1.29 is 19.0 Å². The molecule has 25 heavy (non-hydrogen) atoms. The van der Waals surface area contributed by atoms with Crippen molar-refractivity contribution in [2.45, 2.75) is 23.9 Å². The second-order valence-electron chi connectivity index (χ2n) is 7.30. The van der Waals surface area contributed by atoms with E-state index in [2.05, 4.69) is 5.32 Å². The van der Waals surface area contributed by atoms with Gasteiger partial charge in [-0.2, -0.15) is 0 Å². The summed E-state index contributed by atoms with van der Waals surface area (Å²) in [5.74, 6) is 1.04. The molecule has 1 aliphatic carbocycles. The molecule has 1 aromatic rings. The molecule has 1 N–H and O–H groups in total. The summed E-state index contributed by atoms with van der Waals surface area (Å²) in [6.45, 7) is 4.60. The van der Waals surface area contributed by atoms with Crippen LogP contribution in [0.5, 0.6) is 5.75 Å². The molecule has 1 atom stereocenters. The van der Waals surface area contributed by atoms with Crippen LogP contribution in [0.15, 0.2) is 24.3 Å². The number of carbonyl (C=O) groups is 1. The Kier molecular flexibility index (Phi) is 4.43. The van der Waals surface area contributed by atoms with Crippen LogP contribution in [0.3, 0.4) is 0 Å². The summed E-state index contributed by atoms with van der Waals surface area (Å²) in [7, 11) is 1.66. The van der Waals surface area contributed by atoms with Gasteiger partial charge < -0.3 is 24.4 Å². The van der Waals surface area contributed by atoms with Crippen LogP contribution in [-0.4, -0.2) is 69.5 Å². The SMILES string of the molecule is COc1ccc(C2(C(=O)N3CCO[C@]4(CNCCOC4)C3)CC2)cc1. The van der Waals surface area contributed by atoms with Crippen LogP contribution in [0.2, 0.25) is 0 Å². The fourth-order valence-corrected chi connectivity index (χ4v) is 3.95. The van der Waals surface area contributed by atoms with Gasteiger partial charge in [0.25, 0.3) is 0 Å². The number of ether oxygens (including phenoxy) is 3. The molecule has 3 aliphatic rings. The molecule has 0 aromatic heterocycles. The second-order valence-corrected chi connectivity index (χ2v) is 7.30. The molecule has 1 spiro atoms. The van der Waals surface area contributed by atoms with Crippen LogP contribution >= 0.6 is 0 Å². The molecule has 1 aromatic carbocycles. The zero-order chi connectivity index (χ0) is 17.3. The van der Waals surface area contributed by atoms with Gasteiger partial charge in [-0.25, -0.2) is 0 Å². The van der Waals surface area contributed by atoms with E-state index in [1.807, 2.05) is 29.2 Å². The van der Waals surface area contributed by atoms with Gasteiger partial charge in [-0.05, 0) is 30.5 Å². The van der Waals surface area contributed by atoms with Crippen molar-refractivity contribution in [3.05, 3.63) is 29.8 Å². The Morgan fingerprint density at radius 1 is 1.24 bits per heavy atom. The van der Waals surface area contributed by atoms with Gasteiger partial charge in [0, 0.05) is 19.6 Å². The van der Waals surface area contributed by atoms with E-state index in [1.165, 1.54) is 0 Å². The topological polar surface area (TPSA) is 60.0 Å². The van der Waals surface area contributed by atoms with Crippen molar-refractivity contribution >= 4 is 5.91 Å². The van der Waals surface area contributed by atoms with Crippen molar-refractivity contribution in [3.63, 3.8) is 0 Å². The van der Waals surface area contributed by atoms with Crippen LogP contribution in [0.4, 0.5) is 0 Å². The lowest BCUT2D eigenvalue weighted by Crippen LogP contribution is -2.60. The number of morpholine rings is 1. The molecule has 2 saturated heterocycles. The first-order valence-electron chi connectivity index (χ1n) is 9.04. The maximum Gasteiger partial charge on any atom is 0.233 e. The largest absolute Gasteiger partial charge is 0.497 e. The second kappa shape index (κ2) is 6.59. The Labute approximate surface area is 148 Å². The number of carbonyl (C=O) groups excluding carboxylic acids is 1. The van der Waals surface area contributed by atoms with E-state index in [-0.39, 0.29) is 11.3 Å². The zero-order valence-electron chi connectivity index (χ0n) is 14.8. The van der Waals surface area contributed by atoms with Gasteiger partial charge in [-0.1, -0.05) is 12.1 Å². The van der Waals surface area contributed by atoms with Gasteiger partial charge in [0.15, 0.2) is 0 Å². The van der Waals surface area contributed by atoms with E-state index in [0.717, 1.165) is 37.2 Å². The molecule has 1 amide bonds. The van der Waals surface area contributed by atoms with Crippen LogP contribution in [0.25, 0.3) is 0 Å². The van der Waals surface area contributed by atoms with E-state index in [9.17, 15) is 4.79 Å². The average Bonchev–Trinajstić information content (AvgIpc) is 3.48. The molecule has 136 valence electrons. The van der Waals surface area contributed by atoms with Crippen molar-refractivity contribution in [2.24, 2.45) is 0 Å². The molecular weight excluding hydrogens is 320 g/mol. The number of amides is 1. The van der Waals surface area contributed by atoms with Gasteiger partial charge in [0.05, 0.1) is 38.9 Å². The standard InChI is InChI=1S/C19H26N2O4/c1-23-16-4-2-15(3-5-16)19(6-7-19)17(22)21-9-11-25-18(13-21)12-20-8-10-24-14-18/h2-5,20H,6-14H2,1H3/t18-/m1/s1. The fourth-order valence-electron chi connectivity index (χ4n) is 3.95. The molecule has 1 saturated carbocycles. The van der Waals surface area contributed by atoms with Crippen LogP contribution in [0, 0.1) is 0 Å². The number of rotatable bonds is 3. The van der Waals surface area contributed by atoms with Crippen molar-refractivity contribution in [1.29, 1.82) is 0 Å². The van der Waals surface area contributed by atoms with E-state index in [0.29, 0.717) is 32.9 Å². The lowest BCUT2D eigenvalue weighted by Gasteiger charge is -2.43. The lowest BCUT2D eigenvalue weighted by molar-refractivity contribution is -0.160. The first kappa shape index (κ1) is 16.8. The maximum atomic E-state index is 13.3. The van der Waals surface area contributed by atoms with Crippen molar-refractivity contribution in [2.75, 3.05) is 53.1 Å². The Hall–Kier alpha value is -1.63. The number of nitrogens with one attached hydrogen (secondary N) is 1. The molecule has 6 heteroatoms. The summed E-state index contributed by atoms with van der Waals surface area (Å²) in [6, 6.07) is 7.92. The highest BCUT2D eigenvalue weighted by Gasteiger charge is 2.54. The highest BCUT2D eigenvalue weighted by Crippen LogP contribution is 2.50. The summed E-state index contributed by atoms with van der Waals surface area (Å²) in [6.07, 6.45) is 1.83. The average molecular weight is 346 g/mol. The van der Waals surface area contributed by atoms with Crippen LogP contribution < -0.4 is 10.1 Å². The van der Waals surface area contributed by atoms with Gasteiger partial charge >= 0.3 is 0 Å². The highest BCUT2D eigenvalue weighted by atomic mass is 16.5. The predicted octanol–water partition coefficient (Wildman–Crippen LogP) is 0.944. The summed E-state index contributed by atoms with van der Waals surface area (Å²) in [5.41, 5.74) is 0.318. The normalized spacial score (nSPS) is 28.4. The molecule has 0 unspecified atom stereocenters. The third-order valence-electron chi connectivity index (χ3n) is 5.57. The Morgan fingerprint density at radius 3 is 2.76 bits per heavy atom. The summed E-state index contributed by atoms with van der Waals surface area (Å²) >= 11 is 0. The van der Waals surface area contributed by atoms with Crippen molar-refractivity contribution in [1.82, 2.24) is 10.2 Å². The third-order valence-corrected chi connectivity index (χ3v) is 5.57. The molecule has 2 heterocycles. The predicted molar refractivity (Wildman–Crippen MR) is 92.9 cm³/mol. The molecule has 2 aliphatic heterocycles. The minimum absolute atomic E-state index is 0.226. The number of methoxy groups -OCH3 is 1. The molecule has 3 fully saturated rings. The Morgan fingerprint density at radius 2 is 2.04 bits per heavy atom. The van der Waals surface area contributed by atoms with Gasteiger partial charge in [0.2, 0.25) is 5.91 Å². The number of hydrogen-bond acceptors (Lipinski definition) is 5. The molecule has 4 rings (SSSR count). The minimum Gasteiger partial charge on any atom is -0.497 e. The fraction of sp³-hybridized carbons (Fsp3) is 0.632. The molecule has 6 nitrogen and oxygen atoms in total. The van der Waals surface area contributed by atoms with Gasteiger partial charge in [-0.15, -0.1) is 0 Å².